The number of thioether (sulfide) groups is 1. The number of benzene rings is 3. The zero-order valence-corrected chi connectivity index (χ0v) is 23.2. The number of methoxy groups -OCH3 is 1. The van der Waals surface area contributed by atoms with Gasteiger partial charge in [-0.3, -0.25) is 9.69 Å². The van der Waals surface area contributed by atoms with E-state index in [1.54, 1.807) is 12.0 Å². The zero-order chi connectivity index (χ0) is 26.4. The summed E-state index contributed by atoms with van der Waals surface area (Å²) in [5, 5.41) is 0. The largest absolute Gasteiger partial charge is 0.493 e. The highest BCUT2D eigenvalue weighted by molar-refractivity contribution is 8.26. The van der Waals surface area contributed by atoms with Gasteiger partial charge in [0.25, 0.3) is 5.91 Å². The van der Waals surface area contributed by atoms with Crippen LogP contribution in [0, 0.1) is 0 Å². The zero-order valence-electron chi connectivity index (χ0n) is 21.5. The number of nitrogens with zero attached hydrogens (tertiary/aromatic N) is 1. The molecule has 1 fully saturated rings. The first-order chi connectivity index (χ1) is 17.7. The standard InChI is InChI=1S/C30H31NO4S2/c1-30(2,3)23-11-13-24(14-12-23)34-16-17-35-25-15-10-22(18-26(25)33-4)19-27-28(32)31(29(36)37-27)20-21-8-6-5-7-9-21/h5-15,18-19H,16-17,20H2,1-4H3. The van der Waals surface area contributed by atoms with E-state index in [0.717, 1.165) is 16.9 Å². The van der Waals surface area contributed by atoms with Crippen molar-refractivity contribution in [1.82, 2.24) is 4.90 Å². The van der Waals surface area contributed by atoms with Crippen molar-refractivity contribution in [2.75, 3.05) is 20.3 Å². The molecule has 0 saturated carbocycles. The molecule has 0 unspecified atom stereocenters. The van der Waals surface area contributed by atoms with Crippen LogP contribution in [0.25, 0.3) is 6.08 Å². The second kappa shape index (κ2) is 11.8. The van der Waals surface area contributed by atoms with E-state index in [1.807, 2.05) is 66.7 Å². The fourth-order valence-electron chi connectivity index (χ4n) is 3.81. The lowest BCUT2D eigenvalue weighted by Gasteiger charge is -2.19. The van der Waals surface area contributed by atoms with Crippen molar-refractivity contribution in [3.8, 4) is 17.2 Å². The smallest absolute Gasteiger partial charge is 0.266 e. The molecule has 0 spiro atoms. The van der Waals surface area contributed by atoms with Gasteiger partial charge >= 0.3 is 0 Å². The Balaban J connectivity index is 1.35. The molecule has 3 aromatic rings. The number of rotatable bonds is 9. The molecule has 1 aliphatic rings. The Morgan fingerprint density at radius 1 is 0.919 bits per heavy atom. The van der Waals surface area contributed by atoms with E-state index >= 15 is 0 Å². The molecule has 0 aromatic heterocycles. The molecule has 192 valence electrons. The van der Waals surface area contributed by atoms with Crippen molar-refractivity contribution in [2.24, 2.45) is 0 Å². The summed E-state index contributed by atoms with van der Waals surface area (Å²) in [4.78, 5) is 15.2. The summed E-state index contributed by atoms with van der Waals surface area (Å²) in [7, 11) is 1.60. The van der Waals surface area contributed by atoms with Gasteiger partial charge in [-0.25, -0.2) is 0 Å². The van der Waals surface area contributed by atoms with E-state index in [0.29, 0.717) is 40.5 Å². The number of amides is 1. The minimum Gasteiger partial charge on any atom is -0.493 e. The van der Waals surface area contributed by atoms with Crippen LogP contribution in [0.2, 0.25) is 0 Å². The van der Waals surface area contributed by atoms with E-state index in [-0.39, 0.29) is 11.3 Å². The molecular weight excluding hydrogens is 502 g/mol. The van der Waals surface area contributed by atoms with Gasteiger partial charge in [0.2, 0.25) is 0 Å². The van der Waals surface area contributed by atoms with Gasteiger partial charge in [-0.05, 0) is 52.4 Å². The number of thiocarbonyl (C=S) groups is 1. The average molecular weight is 534 g/mol. The van der Waals surface area contributed by atoms with Crippen molar-refractivity contribution in [3.05, 3.63) is 94.4 Å². The Kier molecular flexibility index (Phi) is 8.56. The van der Waals surface area contributed by atoms with Gasteiger partial charge in [-0.15, -0.1) is 0 Å². The van der Waals surface area contributed by atoms with E-state index in [4.69, 9.17) is 26.4 Å². The van der Waals surface area contributed by atoms with Crippen LogP contribution >= 0.6 is 24.0 Å². The molecule has 1 saturated heterocycles. The third kappa shape index (κ3) is 6.93. The fraction of sp³-hybridized carbons (Fsp3) is 0.267. The van der Waals surface area contributed by atoms with Crippen LogP contribution in [-0.4, -0.2) is 35.5 Å². The van der Waals surface area contributed by atoms with Gasteiger partial charge in [0.1, 0.15) is 23.3 Å². The summed E-state index contributed by atoms with van der Waals surface area (Å²) < 4.78 is 17.8. The SMILES string of the molecule is COc1cc(C=C2SC(=S)N(Cc3ccccc3)C2=O)ccc1OCCOc1ccc(C(C)(C)C)cc1. The Labute approximate surface area is 228 Å². The van der Waals surface area contributed by atoms with Crippen molar-refractivity contribution in [3.63, 3.8) is 0 Å². The van der Waals surface area contributed by atoms with Crippen molar-refractivity contribution in [1.29, 1.82) is 0 Å². The summed E-state index contributed by atoms with van der Waals surface area (Å²) in [5.74, 6) is 1.92. The molecule has 0 radical (unpaired) electrons. The highest BCUT2D eigenvalue weighted by Gasteiger charge is 2.32. The Morgan fingerprint density at radius 2 is 1.62 bits per heavy atom. The number of carbonyl (C=O) groups is 1. The van der Waals surface area contributed by atoms with Gasteiger partial charge in [0.15, 0.2) is 11.5 Å². The summed E-state index contributed by atoms with van der Waals surface area (Å²) in [6.07, 6.45) is 1.83. The maximum Gasteiger partial charge on any atom is 0.266 e. The van der Waals surface area contributed by atoms with Crippen molar-refractivity contribution >= 4 is 40.3 Å². The molecule has 4 rings (SSSR count). The summed E-state index contributed by atoms with van der Waals surface area (Å²) >= 11 is 6.78. The fourth-order valence-corrected chi connectivity index (χ4v) is 5.06. The topological polar surface area (TPSA) is 48.0 Å². The van der Waals surface area contributed by atoms with Crippen LogP contribution in [0.5, 0.6) is 17.2 Å². The first-order valence-corrected chi connectivity index (χ1v) is 13.3. The van der Waals surface area contributed by atoms with Crippen molar-refractivity contribution < 1.29 is 19.0 Å². The highest BCUT2D eigenvalue weighted by Crippen LogP contribution is 2.35. The van der Waals surface area contributed by atoms with E-state index in [2.05, 4.69) is 32.9 Å². The molecule has 0 aliphatic carbocycles. The lowest BCUT2D eigenvalue weighted by Crippen LogP contribution is -2.27. The van der Waals surface area contributed by atoms with E-state index in [9.17, 15) is 4.79 Å². The molecule has 0 atom stereocenters. The van der Waals surface area contributed by atoms with Crippen LogP contribution in [0.1, 0.15) is 37.5 Å². The predicted molar refractivity (Wildman–Crippen MR) is 154 cm³/mol. The maximum absolute atomic E-state index is 13.0. The van der Waals surface area contributed by atoms with Crippen LogP contribution < -0.4 is 14.2 Å². The van der Waals surface area contributed by atoms with Crippen LogP contribution in [0.4, 0.5) is 0 Å². The molecule has 1 aliphatic heterocycles. The van der Waals surface area contributed by atoms with Crippen LogP contribution in [0.3, 0.4) is 0 Å². The monoisotopic (exact) mass is 533 g/mol. The minimum absolute atomic E-state index is 0.0918. The third-order valence-corrected chi connectivity index (χ3v) is 7.25. The molecule has 0 N–H and O–H groups in total. The second-order valence-electron chi connectivity index (χ2n) is 9.64. The molecule has 7 heteroatoms. The van der Waals surface area contributed by atoms with Gasteiger partial charge in [-0.1, -0.05) is 93.3 Å². The van der Waals surface area contributed by atoms with Crippen LogP contribution in [0.15, 0.2) is 77.7 Å². The van der Waals surface area contributed by atoms with Gasteiger partial charge in [-0.2, -0.15) is 0 Å². The first kappa shape index (κ1) is 26.8. The van der Waals surface area contributed by atoms with E-state index < -0.39 is 0 Å². The quantitative estimate of drug-likeness (QED) is 0.170. The molecule has 0 bridgehead atoms. The Hall–Kier alpha value is -3.29. The number of carbonyl (C=O) groups excluding carboxylic acids is 1. The second-order valence-corrected chi connectivity index (χ2v) is 11.3. The molecule has 1 amide bonds. The summed E-state index contributed by atoms with van der Waals surface area (Å²) in [5.41, 5.74) is 3.24. The van der Waals surface area contributed by atoms with Gasteiger partial charge in [0, 0.05) is 0 Å². The Bertz CT molecular complexity index is 1280. The van der Waals surface area contributed by atoms with Gasteiger partial charge < -0.3 is 14.2 Å². The molecule has 37 heavy (non-hydrogen) atoms. The highest BCUT2D eigenvalue weighted by atomic mass is 32.2. The van der Waals surface area contributed by atoms with Crippen LogP contribution in [-0.2, 0) is 16.8 Å². The van der Waals surface area contributed by atoms with Gasteiger partial charge in [0.05, 0.1) is 18.6 Å². The summed E-state index contributed by atoms with van der Waals surface area (Å²) in [6.45, 7) is 7.80. The molecular formula is C30H31NO4S2. The molecule has 3 aromatic carbocycles. The number of hydrogen-bond donors (Lipinski definition) is 0. The number of hydrogen-bond acceptors (Lipinski definition) is 6. The lowest BCUT2D eigenvalue weighted by atomic mass is 9.87. The third-order valence-electron chi connectivity index (χ3n) is 5.87. The molecule has 5 nitrogen and oxygen atoms in total. The lowest BCUT2D eigenvalue weighted by molar-refractivity contribution is -0.122. The summed E-state index contributed by atoms with van der Waals surface area (Å²) in [6, 6.07) is 23.6. The first-order valence-electron chi connectivity index (χ1n) is 12.1. The maximum atomic E-state index is 13.0. The average Bonchev–Trinajstić information content (AvgIpc) is 3.14. The van der Waals surface area contributed by atoms with E-state index in [1.165, 1.54) is 17.3 Å². The normalized spacial score (nSPS) is 14.8. The Morgan fingerprint density at radius 3 is 2.30 bits per heavy atom. The number of ether oxygens (including phenoxy) is 3. The molecule has 1 heterocycles. The minimum atomic E-state index is -0.0918. The predicted octanol–water partition coefficient (Wildman–Crippen LogP) is 6.85. The van der Waals surface area contributed by atoms with Crippen molar-refractivity contribution in [2.45, 2.75) is 32.7 Å².